The first-order chi connectivity index (χ1) is 8.72. The maximum absolute atomic E-state index is 5.73. The zero-order chi connectivity index (χ0) is 12.5. The van der Waals surface area contributed by atoms with Crippen LogP contribution >= 0.6 is 11.6 Å². The van der Waals surface area contributed by atoms with Crippen LogP contribution in [-0.4, -0.2) is 20.2 Å². The average molecular weight is 260 g/mol. The Morgan fingerprint density at radius 2 is 2.17 bits per heavy atom. The fourth-order valence-corrected chi connectivity index (χ4v) is 1.92. The van der Waals surface area contributed by atoms with E-state index in [1.807, 2.05) is 25.1 Å². The predicted octanol–water partition coefficient (Wildman–Crippen LogP) is 3.06. The van der Waals surface area contributed by atoms with Crippen molar-refractivity contribution in [2.75, 3.05) is 5.32 Å². The van der Waals surface area contributed by atoms with Crippen molar-refractivity contribution in [1.29, 1.82) is 0 Å². The lowest BCUT2D eigenvalue weighted by atomic mass is 10.2. The third-order valence-corrected chi connectivity index (χ3v) is 2.83. The Balaban J connectivity index is 1.95. The molecule has 6 heteroatoms. The van der Waals surface area contributed by atoms with Gasteiger partial charge in [-0.2, -0.15) is 5.10 Å². The first-order valence-electron chi connectivity index (χ1n) is 5.43. The van der Waals surface area contributed by atoms with Gasteiger partial charge in [0.2, 0.25) is 5.28 Å². The van der Waals surface area contributed by atoms with Gasteiger partial charge in [-0.1, -0.05) is 0 Å². The van der Waals surface area contributed by atoms with E-state index in [0.717, 1.165) is 22.3 Å². The second kappa shape index (κ2) is 4.27. The lowest BCUT2D eigenvalue weighted by Gasteiger charge is -2.05. The lowest BCUT2D eigenvalue weighted by molar-refractivity contribution is 1.07. The summed E-state index contributed by atoms with van der Waals surface area (Å²) < 4.78 is 0. The molecule has 90 valence electrons. The molecule has 2 heterocycles. The highest BCUT2D eigenvalue weighted by Crippen LogP contribution is 2.22. The van der Waals surface area contributed by atoms with E-state index in [4.69, 9.17) is 11.6 Å². The normalized spacial score (nSPS) is 10.8. The molecule has 0 unspecified atom stereocenters. The molecule has 3 rings (SSSR count). The number of benzene rings is 1. The van der Waals surface area contributed by atoms with E-state index in [1.165, 1.54) is 0 Å². The molecule has 0 bridgehead atoms. The molecular formula is C12H10ClN5. The van der Waals surface area contributed by atoms with E-state index < -0.39 is 0 Å². The van der Waals surface area contributed by atoms with Crippen LogP contribution in [0.2, 0.25) is 5.28 Å². The number of nitrogens with zero attached hydrogens (tertiary/aromatic N) is 3. The first-order valence-corrected chi connectivity index (χ1v) is 5.80. The van der Waals surface area contributed by atoms with Crippen LogP contribution in [0.4, 0.5) is 11.5 Å². The number of anilines is 2. The van der Waals surface area contributed by atoms with Crippen LogP contribution in [0.5, 0.6) is 0 Å². The minimum absolute atomic E-state index is 0.219. The Kier molecular flexibility index (Phi) is 2.60. The van der Waals surface area contributed by atoms with Gasteiger partial charge in [-0.25, -0.2) is 9.97 Å². The fraction of sp³-hybridized carbons (Fsp3) is 0.0833. The molecule has 3 aromatic rings. The van der Waals surface area contributed by atoms with Crippen molar-refractivity contribution in [1.82, 2.24) is 20.2 Å². The van der Waals surface area contributed by atoms with Crippen molar-refractivity contribution in [3.8, 4) is 0 Å². The molecule has 2 N–H and O–H groups in total. The second-order valence-electron chi connectivity index (χ2n) is 3.92. The predicted molar refractivity (Wildman–Crippen MR) is 71.2 cm³/mol. The first kappa shape index (κ1) is 11.0. The van der Waals surface area contributed by atoms with Gasteiger partial charge in [0.05, 0.1) is 5.52 Å². The highest BCUT2D eigenvalue weighted by Gasteiger charge is 2.03. The van der Waals surface area contributed by atoms with E-state index in [-0.39, 0.29) is 5.28 Å². The molecule has 0 radical (unpaired) electrons. The van der Waals surface area contributed by atoms with Crippen molar-refractivity contribution in [3.63, 3.8) is 0 Å². The van der Waals surface area contributed by atoms with Crippen LogP contribution in [0.3, 0.4) is 0 Å². The molecule has 5 nitrogen and oxygen atoms in total. The molecular weight excluding hydrogens is 250 g/mol. The van der Waals surface area contributed by atoms with Crippen LogP contribution in [0.25, 0.3) is 10.9 Å². The van der Waals surface area contributed by atoms with Crippen molar-refractivity contribution in [2.24, 2.45) is 0 Å². The number of rotatable bonds is 2. The van der Waals surface area contributed by atoms with Crippen molar-refractivity contribution in [3.05, 3.63) is 41.4 Å². The van der Waals surface area contributed by atoms with Gasteiger partial charge >= 0.3 is 0 Å². The second-order valence-corrected chi connectivity index (χ2v) is 4.25. The van der Waals surface area contributed by atoms with Crippen LogP contribution in [0, 0.1) is 6.92 Å². The quantitative estimate of drug-likeness (QED) is 0.694. The van der Waals surface area contributed by atoms with Crippen LogP contribution < -0.4 is 5.32 Å². The summed E-state index contributed by atoms with van der Waals surface area (Å²) in [5, 5.41) is 11.7. The molecule has 18 heavy (non-hydrogen) atoms. The molecule has 0 aliphatic carbocycles. The van der Waals surface area contributed by atoms with Crippen LogP contribution in [0.15, 0.2) is 30.5 Å². The standard InChI is InChI=1S/C12H10ClN5/c1-7-9-3-2-8(6-10(9)18-17-7)15-11-4-5-14-12(13)16-11/h2-6H,1H3,(H,17,18)(H,14,15,16). The molecule has 0 saturated heterocycles. The molecule has 0 fully saturated rings. The average Bonchev–Trinajstić information content (AvgIpc) is 2.71. The minimum atomic E-state index is 0.219. The number of fused-ring (bicyclic) bond motifs is 1. The third kappa shape index (κ3) is 2.00. The zero-order valence-electron chi connectivity index (χ0n) is 9.61. The fourth-order valence-electron chi connectivity index (χ4n) is 1.78. The molecule has 0 atom stereocenters. The summed E-state index contributed by atoms with van der Waals surface area (Å²) in [4.78, 5) is 7.90. The number of aromatic amines is 1. The number of aryl methyl sites for hydroxylation is 1. The van der Waals surface area contributed by atoms with Gasteiger partial charge in [-0.15, -0.1) is 0 Å². The Morgan fingerprint density at radius 1 is 1.28 bits per heavy atom. The van der Waals surface area contributed by atoms with E-state index >= 15 is 0 Å². The maximum atomic E-state index is 5.73. The van der Waals surface area contributed by atoms with Crippen molar-refractivity contribution in [2.45, 2.75) is 6.92 Å². The van der Waals surface area contributed by atoms with E-state index in [1.54, 1.807) is 12.3 Å². The molecule has 2 aromatic heterocycles. The summed E-state index contributed by atoms with van der Waals surface area (Å²) in [7, 11) is 0. The van der Waals surface area contributed by atoms with Gasteiger partial charge < -0.3 is 5.32 Å². The summed E-state index contributed by atoms with van der Waals surface area (Å²) in [6.07, 6.45) is 1.61. The Hall–Kier alpha value is -2.14. The lowest BCUT2D eigenvalue weighted by Crippen LogP contribution is -1.94. The minimum Gasteiger partial charge on any atom is -0.340 e. The summed E-state index contributed by atoms with van der Waals surface area (Å²) in [5.41, 5.74) is 2.88. The van der Waals surface area contributed by atoms with Crippen molar-refractivity contribution >= 4 is 34.0 Å². The highest BCUT2D eigenvalue weighted by atomic mass is 35.5. The van der Waals surface area contributed by atoms with Gasteiger partial charge in [-0.3, -0.25) is 5.10 Å². The SMILES string of the molecule is Cc1[nH]nc2cc(Nc3ccnc(Cl)n3)ccc12. The van der Waals surface area contributed by atoms with Gasteiger partial charge in [0.1, 0.15) is 5.82 Å². The number of halogens is 1. The summed E-state index contributed by atoms with van der Waals surface area (Å²) in [6.45, 7) is 1.99. The number of H-pyrrole nitrogens is 1. The molecule has 0 spiro atoms. The van der Waals surface area contributed by atoms with E-state index in [9.17, 15) is 0 Å². The molecule has 0 aliphatic rings. The number of aromatic nitrogens is 4. The number of hydrogen-bond acceptors (Lipinski definition) is 4. The molecule has 0 saturated carbocycles. The molecule has 1 aromatic carbocycles. The smallest absolute Gasteiger partial charge is 0.224 e. The van der Waals surface area contributed by atoms with Crippen molar-refractivity contribution < 1.29 is 0 Å². The molecule has 0 aliphatic heterocycles. The van der Waals surface area contributed by atoms with Gasteiger partial charge in [0.25, 0.3) is 0 Å². The monoisotopic (exact) mass is 259 g/mol. The summed E-state index contributed by atoms with van der Waals surface area (Å²) in [5.74, 6) is 0.654. The maximum Gasteiger partial charge on any atom is 0.224 e. The summed E-state index contributed by atoms with van der Waals surface area (Å²) >= 11 is 5.73. The zero-order valence-corrected chi connectivity index (χ0v) is 10.4. The largest absolute Gasteiger partial charge is 0.340 e. The Bertz CT molecular complexity index is 707. The summed E-state index contributed by atoms with van der Waals surface area (Å²) in [6, 6.07) is 7.70. The Labute approximate surface area is 108 Å². The van der Waals surface area contributed by atoms with Crippen LogP contribution in [-0.2, 0) is 0 Å². The third-order valence-electron chi connectivity index (χ3n) is 2.64. The molecule has 0 amide bonds. The number of hydrogen-bond donors (Lipinski definition) is 2. The number of nitrogens with one attached hydrogen (secondary N) is 2. The Morgan fingerprint density at radius 3 is 3.00 bits per heavy atom. The van der Waals surface area contributed by atoms with E-state index in [2.05, 4.69) is 25.5 Å². The van der Waals surface area contributed by atoms with Gasteiger partial charge in [-0.05, 0) is 42.8 Å². The van der Waals surface area contributed by atoms with Gasteiger partial charge in [0.15, 0.2) is 0 Å². The topological polar surface area (TPSA) is 66.5 Å². The van der Waals surface area contributed by atoms with Gasteiger partial charge in [0, 0.05) is 23.0 Å². The highest BCUT2D eigenvalue weighted by molar-refractivity contribution is 6.28. The van der Waals surface area contributed by atoms with E-state index in [0.29, 0.717) is 5.82 Å². The van der Waals surface area contributed by atoms with Crippen LogP contribution in [0.1, 0.15) is 5.69 Å².